The van der Waals surface area contributed by atoms with E-state index in [0.29, 0.717) is 17.1 Å². The maximum absolute atomic E-state index is 16.4. The van der Waals surface area contributed by atoms with Crippen molar-refractivity contribution in [1.29, 1.82) is 5.26 Å². The summed E-state index contributed by atoms with van der Waals surface area (Å²) in [5, 5.41) is 24.8. The van der Waals surface area contributed by atoms with Crippen LogP contribution in [0.4, 0.5) is 5.82 Å². The predicted molar refractivity (Wildman–Crippen MR) is 237 cm³/mol. The summed E-state index contributed by atoms with van der Waals surface area (Å²) in [5.41, 5.74) is -0.208. The van der Waals surface area contributed by atoms with E-state index in [1.54, 1.807) is 43.2 Å². The molecule has 16 heteroatoms. The number of rotatable bonds is 18. The molecule has 3 heterocycles. The van der Waals surface area contributed by atoms with Crippen LogP contribution in [0.3, 0.4) is 0 Å². The first kappa shape index (κ1) is 45.1. The van der Waals surface area contributed by atoms with Crippen LogP contribution < -0.4 is 14.8 Å². The highest BCUT2D eigenvalue weighted by molar-refractivity contribution is 7.57. The Labute approximate surface area is 367 Å². The third-order valence-corrected chi connectivity index (χ3v) is 14.6. The Kier molecular flexibility index (Phi) is 13.7. The molecular formula is C47H52N7O8P. The minimum atomic E-state index is -4.37. The molecule has 6 aromatic rings. The molecule has 15 nitrogen and oxygen atoms in total. The van der Waals surface area contributed by atoms with Gasteiger partial charge in [-0.25, -0.2) is 19.6 Å². The fraction of sp³-hybridized carbons (Fsp3) is 0.340. The van der Waals surface area contributed by atoms with Crippen LogP contribution in [0.5, 0.6) is 11.5 Å². The molecule has 0 radical (unpaired) electrons. The summed E-state index contributed by atoms with van der Waals surface area (Å²) in [6, 6.07) is 34.9. The monoisotopic (exact) mass is 873 g/mol. The summed E-state index contributed by atoms with van der Waals surface area (Å²) in [6.45, 7) is 7.16. The lowest BCUT2D eigenvalue weighted by molar-refractivity contribution is -0.113. The smallest absolute Gasteiger partial charge is 0.325 e. The van der Waals surface area contributed by atoms with Crippen LogP contribution >= 0.6 is 7.52 Å². The van der Waals surface area contributed by atoms with Gasteiger partial charge in [0.2, 0.25) is 5.47 Å². The summed E-state index contributed by atoms with van der Waals surface area (Å²) >= 11 is 0. The molecule has 0 bridgehead atoms. The number of aromatic nitrogens is 4. The van der Waals surface area contributed by atoms with Crippen molar-refractivity contribution in [3.63, 3.8) is 0 Å². The zero-order valence-electron chi connectivity index (χ0n) is 36.1. The number of hydrogen-bond acceptors (Lipinski definition) is 12. The van der Waals surface area contributed by atoms with Gasteiger partial charge in [0, 0.05) is 24.1 Å². The molecular weight excluding hydrogens is 822 g/mol. The third-order valence-electron chi connectivity index (χ3n) is 11.1. The Hall–Kier alpha value is -5.98. The fourth-order valence-corrected chi connectivity index (χ4v) is 11.7. The summed E-state index contributed by atoms with van der Waals surface area (Å²) in [5.74, 6) is 0.996. The maximum Gasteiger partial charge on any atom is 0.325 e. The second-order valence-electron chi connectivity index (χ2n) is 15.6. The van der Waals surface area contributed by atoms with Gasteiger partial charge in [-0.05, 0) is 80.8 Å². The largest absolute Gasteiger partial charge is 0.497 e. The molecule has 1 saturated heterocycles. The predicted octanol–water partition coefficient (Wildman–Crippen LogP) is 8.11. The Bertz CT molecular complexity index is 2510. The lowest BCUT2D eigenvalue weighted by Gasteiger charge is -2.46. The van der Waals surface area contributed by atoms with Crippen molar-refractivity contribution in [1.82, 2.24) is 24.2 Å². The van der Waals surface area contributed by atoms with Crippen LogP contribution in [0.15, 0.2) is 122 Å². The molecule has 4 aromatic carbocycles. The van der Waals surface area contributed by atoms with Crippen LogP contribution in [0.1, 0.15) is 67.6 Å². The summed E-state index contributed by atoms with van der Waals surface area (Å²) in [7, 11) is -1.17. The number of aliphatic hydroxyl groups excluding tert-OH is 1. The van der Waals surface area contributed by atoms with Crippen LogP contribution in [0, 0.1) is 11.3 Å². The number of ether oxygens (including phenoxy) is 4. The third kappa shape index (κ3) is 8.58. The van der Waals surface area contributed by atoms with E-state index in [-0.39, 0.29) is 55.1 Å². The molecule has 0 saturated carbocycles. The van der Waals surface area contributed by atoms with E-state index in [2.05, 4.69) is 26.3 Å². The number of methoxy groups -OCH3 is 2. The van der Waals surface area contributed by atoms with Crippen LogP contribution in [-0.4, -0.2) is 86.9 Å². The van der Waals surface area contributed by atoms with Gasteiger partial charge < -0.3 is 33.9 Å². The highest BCUT2D eigenvalue weighted by atomic mass is 31.2. The second-order valence-corrected chi connectivity index (χ2v) is 18.1. The molecule has 1 amide bonds. The van der Waals surface area contributed by atoms with Gasteiger partial charge in [-0.1, -0.05) is 72.8 Å². The molecule has 2 aromatic heterocycles. The highest BCUT2D eigenvalue weighted by Crippen LogP contribution is 2.70. The minimum absolute atomic E-state index is 0.0645. The zero-order chi connectivity index (χ0) is 44.8. The molecule has 328 valence electrons. The summed E-state index contributed by atoms with van der Waals surface area (Å²) in [6.07, 6.45) is -0.0412. The Morgan fingerprint density at radius 1 is 0.905 bits per heavy atom. The number of fused-ring (bicyclic) bond motifs is 1. The van der Waals surface area contributed by atoms with Crippen molar-refractivity contribution in [3.8, 4) is 17.6 Å². The molecule has 1 fully saturated rings. The maximum atomic E-state index is 16.4. The van der Waals surface area contributed by atoms with Crippen molar-refractivity contribution < 1.29 is 37.9 Å². The number of anilines is 1. The number of nitriles is 1. The molecule has 1 aliphatic heterocycles. The molecule has 63 heavy (non-hydrogen) atoms. The average Bonchev–Trinajstić information content (AvgIpc) is 3.90. The van der Waals surface area contributed by atoms with Gasteiger partial charge in [0.15, 0.2) is 17.0 Å². The van der Waals surface area contributed by atoms with Crippen LogP contribution in [-0.2, 0) is 29.6 Å². The summed E-state index contributed by atoms with van der Waals surface area (Å²) < 4.78 is 51.5. The first-order valence-corrected chi connectivity index (χ1v) is 22.3. The zero-order valence-corrected chi connectivity index (χ0v) is 37.0. The second kappa shape index (κ2) is 19.2. The number of amides is 1. The molecule has 1 aliphatic rings. The first-order valence-electron chi connectivity index (χ1n) is 20.7. The highest BCUT2D eigenvalue weighted by Gasteiger charge is 2.64. The van der Waals surface area contributed by atoms with Gasteiger partial charge in [0.05, 0.1) is 46.0 Å². The fourth-order valence-electron chi connectivity index (χ4n) is 8.39. The van der Waals surface area contributed by atoms with Gasteiger partial charge in [-0.2, -0.15) is 5.26 Å². The molecule has 0 aliphatic carbocycles. The lowest BCUT2D eigenvalue weighted by atomic mass is 9.80. The van der Waals surface area contributed by atoms with Gasteiger partial charge >= 0.3 is 7.52 Å². The van der Waals surface area contributed by atoms with E-state index < -0.39 is 36.7 Å². The molecule has 2 N–H and O–H groups in total. The summed E-state index contributed by atoms with van der Waals surface area (Å²) in [4.78, 5) is 27.0. The van der Waals surface area contributed by atoms with E-state index >= 15 is 4.57 Å². The van der Waals surface area contributed by atoms with Crippen LogP contribution in [0.2, 0.25) is 0 Å². The number of carbonyl (C=O) groups is 1. The van der Waals surface area contributed by atoms with E-state index in [0.717, 1.165) is 16.7 Å². The van der Waals surface area contributed by atoms with Crippen molar-refractivity contribution >= 4 is 30.4 Å². The molecule has 0 spiro atoms. The van der Waals surface area contributed by atoms with Gasteiger partial charge in [-0.3, -0.25) is 13.9 Å². The molecule has 1 unspecified atom stereocenters. The van der Waals surface area contributed by atoms with Crippen molar-refractivity contribution in [3.05, 3.63) is 144 Å². The Balaban J connectivity index is 1.38. The van der Waals surface area contributed by atoms with Crippen molar-refractivity contribution in [2.24, 2.45) is 0 Å². The number of aliphatic hydroxyl groups is 1. The molecule has 4 atom stereocenters. The molecule has 7 rings (SSSR count). The number of nitrogens with zero attached hydrogens (tertiary/aromatic N) is 6. The number of nitrogens with one attached hydrogen (secondary N) is 1. The number of hydrogen-bond donors (Lipinski definition) is 2. The van der Waals surface area contributed by atoms with E-state index in [1.807, 2.05) is 113 Å². The van der Waals surface area contributed by atoms with E-state index in [1.165, 1.54) is 17.2 Å². The standard InChI is InChI=1S/C47H52N7O8P/c1-32(2)54(33(3)4)63(57,61-27-13-26-48)46(53-31-51-42-43(49-30-50-44(42)53)52-45(56)34-14-9-7-10-15-34)28-40(55)41(62-46)29-60-47(35-16-11-8-12-17-35,36-18-22-38(58-5)23-19-36)37-20-24-39(59-6)25-21-37/h7-12,14-25,30-33,40-41,55H,13,27-29H2,1-6H3,(H,49,50,52,56)/t40-,41+,46-,63?/m0/s1. The van der Waals surface area contributed by atoms with E-state index in [4.69, 9.17) is 23.5 Å². The SMILES string of the molecule is COc1ccc(C(OC[C@H]2O[C@](n3cnc4c(NC(=O)c5ccccc5)ncnc43)(P(=O)(OCCC#N)N(C(C)C)C(C)C)C[C@@H]2O)(c2ccccc2)c2ccc(OC)cc2)cc1. The van der Waals surface area contributed by atoms with Gasteiger partial charge in [-0.15, -0.1) is 0 Å². The quantitative estimate of drug-likeness (QED) is 0.0480. The average molecular weight is 874 g/mol. The van der Waals surface area contributed by atoms with Gasteiger partial charge in [0.25, 0.3) is 5.91 Å². The van der Waals surface area contributed by atoms with E-state index in [9.17, 15) is 15.2 Å². The number of imidazole rings is 1. The van der Waals surface area contributed by atoms with Gasteiger partial charge in [0.1, 0.15) is 35.9 Å². The Morgan fingerprint density at radius 3 is 2.03 bits per heavy atom. The minimum Gasteiger partial charge on any atom is -0.497 e. The number of carbonyl (C=O) groups excluding carboxylic acids is 1. The van der Waals surface area contributed by atoms with Crippen molar-refractivity contribution in [2.75, 3.05) is 32.8 Å². The number of benzene rings is 4. The van der Waals surface area contributed by atoms with Crippen LogP contribution in [0.25, 0.3) is 11.2 Å². The first-order chi connectivity index (χ1) is 30.4. The Morgan fingerprint density at radius 2 is 1.48 bits per heavy atom. The topological polar surface area (TPSA) is 183 Å². The normalized spacial score (nSPS) is 18.7. The van der Waals surface area contributed by atoms with Crippen molar-refractivity contribution in [2.45, 2.75) is 75.9 Å². The lowest BCUT2D eigenvalue weighted by Crippen LogP contribution is -2.46.